The van der Waals surface area contributed by atoms with Crippen LogP contribution in [0.25, 0.3) is 0 Å². The van der Waals surface area contributed by atoms with E-state index in [9.17, 15) is 4.79 Å². The van der Waals surface area contributed by atoms with Crippen molar-refractivity contribution in [3.8, 4) is 5.75 Å². The van der Waals surface area contributed by atoms with E-state index < -0.39 is 0 Å². The van der Waals surface area contributed by atoms with Crippen LogP contribution in [0.4, 0.5) is 0 Å². The summed E-state index contributed by atoms with van der Waals surface area (Å²) in [6, 6.07) is 8.02. The largest absolute Gasteiger partial charge is 0.497 e. The lowest BCUT2D eigenvalue weighted by molar-refractivity contribution is -0.125. The minimum atomic E-state index is -0.203. The Morgan fingerprint density at radius 1 is 1.31 bits per heavy atom. The average molecular weight is 377 g/mol. The fourth-order valence-corrected chi connectivity index (χ4v) is 3.79. The highest BCUT2D eigenvalue weighted by molar-refractivity contribution is 5.85. The quantitative estimate of drug-likeness (QED) is 0.837. The summed E-state index contributed by atoms with van der Waals surface area (Å²) >= 11 is 0. The van der Waals surface area contributed by atoms with Crippen molar-refractivity contribution in [2.45, 2.75) is 24.3 Å². The minimum Gasteiger partial charge on any atom is -0.497 e. The van der Waals surface area contributed by atoms with Crippen molar-refractivity contribution in [1.82, 2.24) is 20.4 Å². The third kappa shape index (κ3) is 3.44. The molecule has 6 nitrogen and oxygen atoms in total. The molecule has 7 heteroatoms. The Morgan fingerprint density at radius 2 is 2.04 bits per heavy atom. The zero-order chi connectivity index (χ0) is 17.4. The normalized spacial score (nSPS) is 23.2. The fraction of sp³-hybridized carbons (Fsp3) is 0.474. The smallest absolute Gasteiger partial charge is 0.225 e. The molecule has 2 atom stereocenters. The highest BCUT2D eigenvalue weighted by Crippen LogP contribution is 2.46. The fourth-order valence-electron chi connectivity index (χ4n) is 3.79. The third-order valence-corrected chi connectivity index (χ3v) is 5.46. The van der Waals surface area contributed by atoms with Gasteiger partial charge >= 0.3 is 0 Å². The third-order valence-electron chi connectivity index (χ3n) is 5.46. The SMILES string of the molecule is COc1ccc(C2(NC(=O)[C@H]3CNC[C@@H]3c3cnn(C)c3)CC2)cc1.Cl. The van der Waals surface area contributed by atoms with Gasteiger partial charge in [0.25, 0.3) is 0 Å². The van der Waals surface area contributed by atoms with Crippen LogP contribution in [0.1, 0.15) is 29.9 Å². The number of hydrogen-bond donors (Lipinski definition) is 2. The molecule has 0 spiro atoms. The first-order valence-corrected chi connectivity index (χ1v) is 8.77. The number of carbonyl (C=O) groups excluding carboxylic acids is 1. The number of ether oxygens (including phenoxy) is 1. The van der Waals surface area contributed by atoms with E-state index >= 15 is 0 Å². The van der Waals surface area contributed by atoms with Crippen molar-refractivity contribution in [3.05, 3.63) is 47.8 Å². The van der Waals surface area contributed by atoms with Crippen LogP contribution in [-0.2, 0) is 17.4 Å². The molecule has 0 unspecified atom stereocenters. The Bertz CT molecular complexity index is 770. The molecule has 2 fully saturated rings. The number of carbonyl (C=O) groups is 1. The highest BCUT2D eigenvalue weighted by atomic mass is 35.5. The van der Waals surface area contributed by atoms with Gasteiger partial charge in [0, 0.05) is 32.3 Å². The molecule has 140 valence electrons. The number of benzene rings is 1. The maximum Gasteiger partial charge on any atom is 0.225 e. The molecule has 1 aliphatic carbocycles. The molecular formula is C19H25ClN4O2. The summed E-state index contributed by atoms with van der Waals surface area (Å²) in [5, 5.41) is 10.9. The van der Waals surface area contributed by atoms with Gasteiger partial charge in [-0.1, -0.05) is 12.1 Å². The number of amides is 1. The molecule has 2 heterocycles. The van der Waals surface area contributed by atoms with Gasteiger partial charge in [0.05, 0.1) is 24.8 Å². The van der Waals surface area contributed by atoms with Gasteiger partial charge in [-0.3, -0.25) is 9.48 Å². The molecule has 0 radical (unpaired) electrons. The molecule has 1 aliphatic heterocycles. The van der Waals surface area contributed by atoms with Gasteiger partial charge in [0.2, 0.25) is 5.91 Å². The summed E-state index contributed by atoms with van der Waals surface area (Å²) in [6.45, 7) is 1.53. The van der Waals surface area contributed by atoms with Crippen LogP contribution in [0.3, 0.4) is 0 Å². The number of aromatic nitrogens is 2. The Morgan fingerprint density at radius 3 is 2.62 bits per heavy atom. The second-order valence-electron chi connectivity index (χ2n) is 7.12. The number of rotatable bonds is 5. The molecule has 2 aliphatic rings. The van der Waals surface area contributed by atoms with Gasteiger partial charge < -0.3 is 15.4 Å². The number of methoxy groups -OCH3 is 1. The summed E-state index contributed by atoms with van der Waals surface area (Å²) in [4.78, 5) is 13.0. The molecule has 1 amide bonds. The lowest BCUT2D eigenvalue weighted by Gasteiger charge is -2.23. The monoisotopic (exact) mass is 376 g/mol. The van der Waals surface area contributed by atoms with Gasteiger partial charge in [-0.15, -0.1) is 12.4 Å². The predicted molar refractivity (Wildman–Crippen MR) is 102 cm³/mol. The van der Waals surface area contributed by atoms with Gasteiger partial charge in [0.15, 0.2) is 0 Å². The summed E-state index contributed by atoms with van der Waals surface area (Å²) in [7, 11) is 3.57. The van der Waals surface area contributed by atoms with Gasteiger partial charge in [-0.25, -0.2) is 0 Å². The van der Waals surface area contributed by atoms with Crippen LogP contribution < -0.4 is 15.4 Å². The van der Waals surface area contributed by atoms with Crippen molar-refractivity contribution in [1.29, 1.82) is 0 Å². The molecule has 2 aromatic rings. The molecule has 1 saturated heterocycles. The minimum absolute atomic E-state index is 0. The number of halogens is 1. The van der Waals surface area contributed by atoms with Crippen molar-refractivity contribution in [2.24, 2.45) is 13.0 Å². The zero-order valence-corrected chi connectivity index (χ0v) is 15.9. The Hall–Kier alpha value is -2.05. The van der Waals surface area contributed by atoms with E-state index in [1.165, 1.54) is 0 Å². The van der Waals surface area contributed by atoms with Crippen molar-refractivity contribution >= 4 is 18.3 Å². The van der Waals surface area contributed by atoms with Crippen LogP contribution >= 0.6 is 12.4 Å². The number of nitrogens with zero attached hydrogens (tertiary/aromatic N) is 2. The van der Waals surface area contributed by atoms with Crippen molar-refractivity contribution in [3.63, 3.8) is 0 Å². The molecule has 26 heavy (non-hydrogen) atoms. The van der Waals surface area contributed by atoms with Crippen LogP contribution in [0, 0.1) is 5.92 Å². The molecule has 1 saturated carbocycles. The lowest BCUT2D eigenvalue weighted by Crippen LogP contribution is -2.41. The maximum absolute atomic E-state index is 13.0. The summed E-state index contributed by atoms with van der Waals surface area (Å²) < 4.78 is 7.02. The van der Waals surface area contributed by atoms with Gasteiger partial charge in [-0.2, -0.15) is 5.10 Å². The van der Waals surface area contributed by atoms with Gasteiger partial charge in [0.1, 0.15) is 5.75 Å². The molecule has 4 rings (SSSR count). The summed E-state index contributed by atoms with van der Waals surface area (Å²) in [6.07, 6.45) is 5.86. The lowest BCUT2D eigenvalue weighted by atomic mass is 9.89. The van der Waals surface area contributed by atoms with Crippen LogP contribution in [0.5, 0.6) is 5.75 Å². The predicted octanol–water partition coefficient (Wildman–Crippen LogP) is 1.96. The summed E-state index contributed by atoms with van der Waals surface area (Å²) in [5.74, 6) is 1.09. The van der Waals surface area contributed by atoms with Crippen LogP contribution in [-0.4, -0.2) is 35.9 Å². The number of hydrogen-bond acceptors (Lipinski definition) is 4. The van der Waals surface area contributed by atoms with E-state index in [1.54, 1.807) is 11.8 Å². The first kappa shape index (κ1) is 18.7. The first-order chi connectivity index (χ1) is 12.1. The number of nitrogens with one attached hydrogen (secondary N) is 2. The second kappa shape index (κ2) is 7.29. The molecule has 1 aromatic carbocycles. The van der Waals surface area contributed by atoms with E-state index in [-0.39, 0.29) is 35.7 Å². The number of aryl methyl sites for hydroxylation is 1. The molecule has 1 aromatic heterocycles. The second-order valence-corrected chi connectivity index (χ2v) is 7.12. The van der Waals surface area contributed by atoms with E-state index in [0.29, 0.717) is 6.54 Å². The van der Waals surface area contributed by atoms with E-state index in [2.05, 4.69) is 27.9 Å². The Balaban J connectivity index is 0.00000196. The average Bonchev–Trinajstić information content (AvgIpc) is 3.05. The highest BCUT2D eigenvalue weighted by Gasteiger charge is 2.47. The Kier molecular flexibility index (Phi) is 5.25. The molecular weight excluding hydrogens is 352 g/mol. The zero-order valence-electron chi connectivity index (χ0n) is 15.1. The maximum atomic E-state index is 13.0. The Labute approximate surface area is 159 Å². The molecule has 2 N–H and O–H groups in total. The van der Waals surface area contributed by atoms with Crippen LogP contribution in [0.15, 0.2) is 36.7 Å². The first-order valence-electron chi connectivity index (χ1n) is 8.77. The van der Waals surface area contributed by atoms with E-state index in [1.807, 2.05) is 31.6 Å². The van der Waals surface area contributed by atoms with Crippen molar-refractivity contribution in [2.75, 3.05) is 20.2 Å². The standard InChI is InChI=1S/C19H24N4O2.ClH/c1-23-12-13(9-21-23)16-10-20-11-17(16)18(24)22-19(7-8-19)14-3-5-15(25-2)6-4-14;/h3-6,9,12,16-17,20H,7-8,10-11H2,1-2H3,(H,22,24);1H/t16-,17+;/m1./s1. The topological polar surface area (TPSA) is 68.2 Å². The summed E-state index contributed by atoms with van der Waals surface area (Å²) in [5.41, 5.74) is 2.08. The molecule has 0 bridgehead atoms. The van der Waals surface area contributed by atoms with Crippen LogP contribution in [0.2, 0.25) is 0 Å². The van der Waals surface area contributed by atoms with E-state index in [4.69, 9.17) is 4.74 Å². The van der Waals surface area contributed by atoms with Gasteiger partial charge in [-0.05, 0) is 36.1 Å². The van der Waals surface area contributed by atoms with E-state index in [0.717, 1.165) is 36.3 Å². The van der Waals surface area contributed by atoms with Crippen molar-refractivity contribution < 1.29 is 9.53 Å².